The third-order valence-corrected chi connectivity index (χ3v) is 4.47. The Hall–Kier alpha value is -1.59. The molecule has 23 heavy (non-hydrogen) atoms. The van der Waals surface area contributed by atoms with Crippen LogP contribution in [0.4, 0.5) is 0 Å². The normalized spacial score (nSPS) is 20.6. The maximum Gasteiger partial charge on any atom is 0.254 e. The van der Waals surface area contributed by atoms with Crippen molar-refractivity contribution in [2.24, 2.45) is 0 Å². The van der Waals surface area contributed by atoms with Crippen molar-refractivity contribution in [2.75, 3.05) is 26.7 Å². The molecule has 2 amide bonds. The second kappa shape index (κ2) is 8.31. The van der Waals surface area contributed by atoms with Crippen LogP contribution in [0.15, 0.2) is 24.3 Å². The highest BCUT2D eigenvalue weighted by Gasteiger charge is 2.29. The van der Waals surface area contributed by atoms with Gasteiger partial charge in [-0.1, -0.05) is 6.07 Å². The summed E-state index contributed by atoms with van der Waals surface area (Å²) in [4.78, 5) is 28.5. The van der Waals surface area contributed by atoms with E-state index in [1.165, 1.54) is 0 Å². The SMILES string of the molecule is CCN(C)C(=O)c1cccc(C(=O)N2CCNC(C)C2C)c1.Cl. The second-order valence-corrected chi connectivity index (χ2v) is 5.88. The van der Waals surface area contributed by atoms with Crippen LogP contribution in [0.25, 0.3) is 0 Å². The predicted molar refractivity (Wildman–Crippen MR) is 94.3 cm³/mol. The second-order valence-electron chi connectivity index (χ2n) is 5.88. The maximum atomic E-state index is 12.7. The average Bonchev–Trinajstić information content (AvgIpc) is 2.55. The first-order valence-corrected chi connectivity index (χ1v) is 7.85. The molecule has 0 radical (unpaired) electrons. The molecule has 1 aromatic rings. The number of piperazine rings is 1. The summed E-state index contributed by atoms with van der Waals surface area (Å²) in [6, 6.07) is 7.43. The van der Waals surface area contributed by atoms with Crippen molar-refractivity contribution in [1.82, 2.24) is 15.1 Å². The van der Waals surface area contributed by atoms with E-state index < -0.39 is 0 Å². The summed E-state index contributed by atoms with van der Waals surface area (Å²) >= 11 is 0. The number of benzene rings is 1. The quantitative estimate of drug-likeness (QED) is 0.916. The predicted octanol–water partition coefficient (Wildman–Crippen LogP) is 2.02. The minimum absolute atomic E-state index is 0. The van der Waals surface area contributed by atoms with Gasteiger partial charge in [-0.25, -0.2) is 0 Å². The molecule has 0 bridgehead atoms. The van der Waals surface area contributed by atoms with Gasteiger partial charge in [-0.15, -0.1) is 12.4 Å². The zero-order valence-corrected chi connectivity index (χ0v) is 15.0. The van der Waals surface area contributed by atoms with E-state index in [-0.39, 0.29) is 36.3 Å². The van der Waals surface area contributed by atoms with Crippen molar-refractivity contribution < 1.29 is 9.59 Å². The number of carbonyl (C=O) groups is 2. The Morgan fingerprint density at radius 2 is 1.96 bits per heavy atom. The Labute approximate surface area is 144 Å². The van der Waals surface area contributed by atoms with Gasteiger partial charge in [0.25, 0.3) is 11.8 Å². The van der Waals surface area contributed by atoms with E-state index in [4.69, 9.17) is 0 Å². The van der Waals surface area contributed by atoms with Crippen LogP contribution in [0.5, 0.6) is 0 Å². The largest absolute Gasteiger partial charge is 0.342 e. The molecule has 0 saturated carbocycles. The monoisotopic (exact) mass is 339 g/mol. The molecule has 1 aliphatic heterocycles. The van der Waals surface area contributed by atoms with Gasteiger partial charge in [-0.2, -0.15) is 0 Å². The number of carbonyl (C=O) groups excluding carboxylic acids is 2. The fourth-order valence-electron chi connectivity index (χ4n) is 2.66. The lowest BCUT2D eigenvalue weighted by molar-refractivity contribution is 0.0603. The van der Waals surface area contributed by atoms with Gasteiger partial charge in [0.05, 0.1) is 0 Å². The van der Waals surface area contributed by atoms with Crippen LogP contribution >= 0.6 is 12.4 Å². The first kappa shape index (κ1) is 19.5. The number of hydrogen-bond donors (Lipinski definition) is 1. The van der Waals surface area contributed by atoms with Crippen molar-refractivity contribution in [3.8, 4) is 0 Å². The molecular weight excluding hydrogens is 314 g/mol. The van der Waals surface area contributed by atoms with Crippen molar-refractivity contribution in [1.29, 1.82) is 0 Å². The van der Waals surface area contributed by atoms with Crippen LogP contribution in [0.1, 0.15) is 41.5 Å². The molecule has 1 N–H and O–H groups in total. The molecule has 0 aliphatic carbocycles. The molecule has 1 aliphatic rings. The lowest BCUT2D eigenvalue weighted by atomic mass is 10.0. The zero-order chi connectivity index (χ0) is 16.3. The molecule has 2 rings (SSSR count). The fourth-order valence-corrected chi connectivity index (χ4v) is 2.66. The lowest BCUT2D eigenvalue weighted by Gasteiger charge is -2.38. The van der Waals surface area contributed by atoms with Crippen LogP contribution < -0.4 is 5.32 Å². The van der Waals surface area contributed by atoms with E-state index in [9.17, 15) is 9.59 Å². The molecule has 0 spiro atoms. The number of amides is 2. The molecule has 6 heteroatoms. The van der Waals surface area contributed by atoms with Crippen LogP contribution in [-0.2, 0) is 0 Å². The summed E-state index contributed by atoms with van der Waals surface area (Å²) in [6.45, 7) is 8.20. The molecule has 2 atom stereocenters. The Morgan fingerprint density at radius 1 is 1.30 bits per heavy atom. The minimum atomic E-state index is -0.0566. The summed E-state index contributed by atoms with van der Waals surface area (Å²) < 4.78 is 0. The molecule has 0 aromatic heterocycles. The van der Waals surface area contributed by atoms with E-state index in [2.05, 4.69) is 19.2 Å². The number of nitrogens with zero attached hydrogens (tertiary/aromatic N) is 2. The molecular formula is C17H26ClN3O2. The standard InChI is InChI=1S/C17H25N3O2.ClH/c1-5-19(4)16(21)14-7-6-8-15(11-14)17(22)20-10-9-18-12(2)13(20)3;/h6-8,11-13,18H,5,9-10H2,1-4H3;1H. The van der Waals surface area contributed by atoms with Gasteiger partial charge >= 0.3 is 0 Å². The van der Waals surface area contributed by atoms with Crippen LogP contribution in [0.3, 0.4) is 0 Å². The summed E-state index contributed by atoms with van der Waals surface area (Å²) in [5.41, 5.74) is 1.14. The third-order valence-electron chi connectivity index (χ3n) is 4.47. The Balaban J connectivity index is 0.00000264. The number of hydrogen-bond acceptors (Lipinski definition) is 3. The van der Waals surface area contributed by atoms with E-state index in [1.54, 1.807) is 36.2 Å². The van der Waals surface area contributed by atoms with E-state index in [0.29, 0.717) is 24.2 Å². The lowest BCUT2D eigenvalue weighted by Crippen LogP contribution is -2.57. The zero-order valence-electron chi connectivity index (χ0n) is 14.2. The first-order valence-electron chi connectivity index (χ1n) is 7.85. The highest BCUT2D eigenvalue weighted by molar-refractivity contribution is 5.99. The minimum Gasteiger partial charge on any atom is -0.342 e. The van der Waals surface area contributed by atoms with E-state index in [1.807, 2.05) is 11.8 Å². The van der Waals surface area contributed by atoms with Crippen LogP contribution in [0.2, 0.25) is 0 Å². The smallest absolute Gasteiger partial charge is 0.254 e. The van der Waals surface area contributed by atoms with Crippen LogP contribution in [0, 0.1) is 0 Å². The van der Waals surface area contributed by atoms with E-state index in [0.717, 1.165) is 6.54 Å². The van der Waals surface area contributed by atoms with E-state index >= 15 is 0 Å². The number of rotatable bonds is 3. The van der Waals surface area contributed by atoms with Gasteiger partial charge in [-0.3, -0.25) is 9.59 Å². The Bertz CT molecular complexity index is 565. The molecule has 5 nitrogen and oxygen atoms in total. The highest BCUT2D eigenvalue weighted by atomic mass is 35.5. The van der Waals surface area contributed by atoms with Gasteiger partial charge in [0.1, 0.15) is 0 Å². The van der Waals surface area contributed by atoms with Crippen molar-refractivity contribution in [3.05, 3.63) is 35.4 Å². The van der Waals surface area contributed by atoms with Gasteiger partial charge in [0, 0.05) is 49.9 Å². The summed E-state index contributed by atoms with van der Waals surface area (Å²) in [6.07, 6.45) is 0. The topological polar surface area (TPSA) is 52.7 Å². The number of halogens is 1. The highest BCUT2D eigenvalue weighted by Crippen LogP contribution is 2.15. The van der Waals surface area contributed by atoms with Crippen molar-refractivity contribution in [3.63, 3.8) is 0 Å². The van der Waals surface area contributed by atoms with Gasteiger partial charge in [0.15, 0.2) is 0 Å². The van der Waals surface area contributed by atoms with Gasteiger partial charge in [-0.05, 0) is 39.0 Å². The Morgan fingerprint density at radius 3 is 2.61 bits per heavy atom. The summed E-state index contributed by atoms with van der Waals surface area (Å²) in [5, 5.41) is 3.37. The molecule has 1 fully saturated rings. The molecule has 1 aromatic carbocycles. The maximum absolute atomic E-state index is 12.7. The molecule has 2 unspecified atom stereocenters. The average molecular weight is 340 g/mol. The van der Waals surface area contributed by atoms with Crippen LogP contribution in [-0.4, -0.2) is 60.4 Å². The molecule has 1 heterocycles. The summed E-state index contributed by atoms with van der Waals surface area (Å²) in [5.74, 6) is -0.0615. The van der Waals surface area contributed by atoms with Crippen molar-refractivity contribution in [2.45, 2.75) is 32.9 Å². The molecule has 128 valence electrons. The molecule has 1 saturated heterocycles. The fraction of sp³-hybridized carbons (Fsp3) is 0.529. The number of nitrogens with one attached hydrogen (secondary N) is 1. The Kier molecular flexibility index (Phi) is 7.03. The third kappa shape index (κ3) is 4.24. The first-order chi connectivity index (χ1) is 10.5. The summed E-state index contributed by atoms with van der Waals surface area (Å²) in [7, 11) is 1.76. The van der Waals surface area contributed by atoms with Gasteiger partial charge < -0.3 is 15.1 Å². The van der Waals surface area contributed by atoms with Gasteiger partial charge in [0.2, 0.25) is 0 Å². The van der Waals surface area contributed by atoms with Crippen molar-refractivity contribution >= 4 is 24.2 Å².